The van der Waals surface area contributed by atoms with E-state index in [-0.39, 0.29) is 11.0 Å². The zero-order valence-electron chi connectivity index (χ0n) is 21.5. The van der Waals surface area contributed by atoms with Gasteiger partial charge in [0.05, 0.1) is 0 Å². The molecule has 0 unspecified atom stereocenters. The summed E-state index contributed by atoms with van der Waals surface area (Å²) in [5, 5.41) is 0. The molecule has 1 saturated heterocycles. The second-order valence-corrected chi connectivity index (χ2v) is 16.7. The Labute approximate surface area is 215 Å². The summed E-state index contributed by atoms with van der Waals surface area (Å²) in [6, 6.07) is 12.7. The van der Waals surface area contributed by atoms with Gasteiger partial charge in [0, 0.05) is 11.2 Å². The predicted octanol–water partition coefficient (Wildman–Crippen LogP) is 8.85. The van der Waals surface area contributed by atoms with Gasteiger partial charge in [0.15, 0.2) is 0 Å². The van der Waals surface area contributed by atoms with Gasteiger partial charge in [0.2, 0.25) is 0 Å². The molecular weight excluding hydrogens is 536 g/mol. The van der Waals surface area contributed by atoms with Crippen LogP contribution in [0.4, 0.5) is 5.69 Å². The van der Waals surface area contributed by atoms with Crippen LogP contribution in [0.1, 0.15) is 96.9 Å². The minimum absolute atomic E-state index is 0.179. The van der Waals surface area contributed by atoms with Crippen molar-refractivity contribution in [1.29, 1.82) is 0 Å². The molecule has 0 amide bonds. The van der Waals surface area contributed by atoms with Crippen LogP contribution in [0.5, 0.6) is 0 Å². The van der Waals surface area contributed by atoms with Crippen LogP contribution in [0.3, 0.4) is 0 Å². The van der Waals surface area contributed by atoms with Crippen molar-refractivity contribution in [2.24, 2.45) is 5.41 Å². The number of hydrogen-bond donors (Lipinski definition) is 0. The molecule has 1 fully saturated rings. The summed E-state index contributed by atoms with van der Waals surface area (Å²) in [6.07, 6.45) is 4.86. The molecule has 0 bridgehead atoms. The number of halogens is 2. The van der Waals surface area contributed by atoms with Gasteiger partial charge >= 0.3 is 85.4 Å². The van der Waals surface area contributed by atoms with E-state index < -0.39 is 13.5 Å². The van der Waals surface area contributed by atoms with Crippen LogP contribution in [0, 0.1) is 12.0 Å². The monoisotopic (exact) mass is 577 g/mol. The molecule has 1 aromatic heterocycles. The predicted molar refractivity (Wildman–Crippen MR) is 144 cm³/mol. The molecule has 186 valence electrons. The number of hydrogen-bond acceptors (Lipinski definition) is 2. The Morgan fingerprint density at radius 1 is 1.00 bits per heavy atom. The number of para-hydroxylation sites is 1. The van der Waals surface area contributed by atoms with Crippen molar-refractivity contribution < 1.29 is 13.5 Å². The Hall–Kier alpha value is -0.757. The van der Waals surface area contributed by atoms with E-state index in [1.54, 1.807) is 6.20 Å². The molecule has 0 radical (unpaired) electrons. The minimum atomic E-state index is -1.56. The third-order valence-corrected chi connectivity index (χ3v) is 8.27. The summed E-state index contributed by atoms with van der Waals surface area (Å²) < 4.78 is 2.00. The van der Waals surface area contributed by atoms with E-state index in [1.807, 2.05) is 22.8 Å². The third-order valence-electron chi connectivity index (χ3n) is 5.94. The van der Waals surface area contributed by atoms with E-state index in [2.05, 4.69) is 90.0 Å². The summed E-state index contributed by atoms with van der Waals surface area (Å²) >= 11 is -1.56. The summed E-state index contributed by atoms with van der Waals surface area (Å²) in [5.41, 5.74) is 5.95. The Kier molecular flexibility index (Phi) is 10.6. The molecule has 1 aromatic carbocycles. The molecule has 0 spiro atoms. The van der Waals surface area contributed by atoms with Crippen molar-refractivity contribution in [1.82, 2.24) is 4.98 Å². The van der Waals surface area contributed by atoms with Crippen LogP contribution in [0.2, 0.25) is 0 Å². The number of nitrogens with zero attached hydrogens (tertiary/aromatic N) is 2. The first-order valence-electron chi connectivity index (χ1n) is 11.8. The van der Waals surface area contributed by atoms with Crippen molar-refractivity contribution in [3.05, 3.63) is 66.0 Å². The first-order valence-corrected chi connectivity index (χ1v) is 17.3. The molecule has 2 nitrogen and oxygen atoms in total. The Morgan fingerprint density at radius 2 is 1.61 bits per heavy atom. The quantitative estimate of drug-likeness (QED) is 0.252. The zero-order valence-corrected chi connectivity index (χ0v) is 24.7. The fourth-order valence-corrected chi connectivity index (χ4v) is 6.29. The fraction of sp³-hybridized carbons (Fsp3) is 0.536. The summed E-state index contributed by atoms with van der Waals surface area (Å²) in [4.78, 5) is 6.75. The molecule has 1 aliphatic heterocycles. The number of aryl methyl sites for hydroxylation is 1. The molecule has 5 heteroatoms. The van der Waals surface area contributed by atoms with E-state index in [0.29, 0.717) is 11.8 Å². The molecule has 33 heavy (non-hydrogen) atoms. The molecule has 0 atom stereocenters. The normalized spacial score (nSPS) is 17.1. The topological polar surface area (TPSA) is 16.1 Å². The Balaban J connectivity index is 0.000000273. The average molecular weight is 578 g/mol. The maximum absolute atomic E-state index is 5.68. The summed E-state index contributed by atoms with van der Waals surface area (Å²) in [6.45, 7) is 21.1. The van der Waals surface area contributed by atoms with E-state index in [4.69, 9.17) is 19.4 Å². The van der Waals surface area contributed by atoms with Gasteiger partial charge in [-0.2, -0.15) is 0 Å². The van der Waals surface area contributed by atoms with Gasteiger partial charge in [0.1, 0.15) is 0 Å². The van der Waals surface area contributed by atoms with Gasteiger partial charge in [-0.1, -0.05) is 66.2 Å². The molecule has 0 N–H and O–H groups in total. The second kappa shape index (κ2) is 12.3. The molecule has 0 saturated carbocycles. The zero-order chi connectivity index (χ0) is 24.8. The van der Waals surface area contributed by atoms with Gasteiger partial charge in [-0.3, -0.25) is 0 Å². The maximum atomic E-state index is 5.68. The first-order chi connectivity index (χ1) is 15.3. The third kappa shape index (κ3) is 8.45. The van der Waals surface area contributed by atoms with Crippen molar-refractivity contribution in [2.45, 2.75) is 92.0 Å². The summed E-state index contributed by atoms with van der Waals surface area (Å²) in [7, 11) is 11.4. The number of benzene rings is 1. The van der Waals surface area contributed by atoms with Gasteiger partial charge in [-0.15, -0.1) is 5.41 Å². The van der Waals surface area contributed by atoms with Gasteiger partial charge in [-0.05, 0) is 36.8 Å². The second-order valence-electron chi connectivity index (χ2n) is 10.8. The summed E-state index contributed by atoms with van der Waals surface area (Å²) in [5.74, 6) is 1.10. The molecule has 2 heterocycles. The average Bonchev–Trinajstić information content (AvgIpc) is 2.95. The van der Waals surface area contributed by atoms with Gasteiger partial charge in [-0.25, -0.2) is 6.54 Å². The van der Waals surface area contributed by atoms with Crippen LogP contribution in [0.25, 0.3) is 0 Å². The van der Waals surface area contributed by atoms with E-state index in [9.17, 15) is 0 Å². The molecule has 3 rings (SSSR count). The number of aromatic nitrogens is 1. The van der Waals surface area contributed by atoms with Crippen molar-refractivity contribution in [3.8, 4) is 0 Å². The molecule has 0 aliphatic carbocycles. The molecule has 2 aromatic rings. The van der Waals surface area contributed by atoms with Crippen LogP contribution in [-0.4, -0.2) is 15.1 Å². The van der Waals surface area contributed by atoms with Crippen LogP contribution < -0.4 is 4.90 Å². The number of anilines is 1. The Bertz CT molecular complexity index is 890. The molecule has 1 aliphatic rings. The van der Waals surface area contributed by atoms with Gasteiger partial charge in [0.25, 0.3) is 0 Å². The van der Waals surface area contributed by atoms with E-state index >= 15 is 0 Å². The Morgan fingerprint density at radius 3 is 2.03 bits per heavy atom. The van der Waals surface area contributed by atoms with Crippen molar-refractivity contribution in [2.75, 3.05) is 4.90 Å². The SMILES string of the molecule is CC(C)c1cccc(C(C)C)c1N1[CH-]C(C)(C)CC1(C)C.[Cl][Ru]([Cl])=[CH]CCc1ccccn1. The van der Waals surface area contributed by atoms with E-state index in [1.165, 1.54) is 23.2 Å². The van der Waals surface area contributed by atoms with Gasteiger partial charge < -0.3 is 4.90 Å². The van der Waals surface area contributed by atoms with E-state index in [0.717, 1.165) is 18.5 Å². The van der Waals surface area contributed by atoms with Crippen LogP contribution in [-0.2, 0) is 19.9 Å². The fourth-order valence-electron chi connectivity index (χ4n) is 4.75. The number of rotatable bonds is 6. The first kappa shape index (κ1) is 28.5. The van der Waals surface area contributed by atoms with Crippen LogP contribution >= 0.6 is 19.4 Å². The van der Waals surface area contributed by atoms with Crippen LogP contribution in [0.15, 0.2) is 42.6 Å². The number of pyridine rings is 1. The molecular formula is C28H41Cl2N2Ru-. The standard InChI is InChI=1S/C20H32N.C8H9N.2ClH.Ru/c1-14(2)16-10-9-11-17(15(3)4)18(16)21-13-19(5,6)12-20(21,7)8;1-2-5-8-6-3-4-7-9-8;;;/h9-11,13-15H,12H2,1-8H3;1,3-4,6-7H,2,5H2;2*1H;/q-1;;;;+2/p-2. The van der Waals surface area contributed by atoms with Crippen molar-refractivity contribution >= 4 is 29.7 Å². The van der Waals surface area contributed by atoms with Crippen molar-refractivity contribution in [3.63, 3.8) is 0 Å².